The Morgan fingerprint density at radius 1 is 1.39 bits per heavy atom. The van der Waals surface area contributed by atoms with Gasteiger partial charge in [-0.2, -0.15) is 0 Å². The summed E-state index contributed by atoms with van der Waals surface area (Å²) in [6.45, 7) is 4.13. The maximum Gasteiger partial charge on any atom is 0.0899 e. The number of nitrogens with zero attached hydrogens (tertiary/aromatic N) is 2. The maximum absolute atomic E-state index is 5.69. The van der Waals surface area contributed by atoms with E-state index in [0.29, 0.717) is 0 Å². The predicted molar refractivity (Wildman–Crippen MR) is 71.8 cm³/mol. The standard InChI is InChI=1S/C14H18N4/c1-3-11-5-4-6-17-13(11)14(18-15)12-7-10(2)8-16-9-12/h4-9,14,18H,3,15H2,1-2H3. The van der Waals surface area contributed by atoms with Crippen LogP contribution in [0.2, 0.25) is 0 Å². The van der Waals surface area contributed by atoms with Crippen LogP contribution in [0.1, 0.15) is 35.3 Å². The summed E-state index contributed by atoms with van der Waals surface area (Å²) in [6.07, 6.45) is 6.38. The van der Waals surface area contributed by atoms with Gasteiger partial charge in [0.25, 0.3) is 0 Å². The second-order valence-corrected chi connectivity index (χ2v) is 4.30. The SMILES string of the molecule is CCc1cccnc1C(NN)c1cncc(C)c1. The van der Waals surface area contributed by atoms with Gasteiger partial charge < -0.3 is 0 Å². The molecule has 0 aliphatic rings. The molecule has 94 valence electrons. The van der Waals surface area contributed by atoms with Gasteiger partial charge in [0.15, 0.2) is 0 Å². The Bertz CT molecular complexity index is 525. The molecule has 2 heterocycles. The van der Waals surface area contributed by atoms with Crippen LogP contribution in [0.5, 0.6) is 0 Å². The van der Waals surface area contributed by atoms with Crippen molar-refractivity contribution < 1.29 is 0 Å². The van der Waals surface area contributed by atoms with Gasteiger partial charge in [0.1, 0.15) is 0 Å². The fourth-order valence-electron chi connectivity index (χ4n) is 2.08. The highest BCUT2D eigenvalue weighted by Gasteiger charge is 2.17. The van der Waals surface area contributed by atoms with E-state index in [1.54, 1.807) is 6.20 Å². The Balaban J connectivity index is 2.45. The molecule has 4 heteroatoms. The first kappa shape index (κ1) is 12.7. The summed E-state index contributed by atoms with van der Waals surface area (Å²) < 4.78 is 0. The summed E-state index contributed by atoms with van der Waals surface area (Å²) in [6, 6.07) is 5.99. The minimum atomic E-state index is -0.117. The molecule has 18 heavy (non-hydrogen) atoms. The van der Waals surface area contributed by atoms with Crippen LogP contribution in [-0.2, 0) is 6.42 Å². The number of hydrazine groups is 1. The summed E-state index contributed by atoms with van der Waals surface area (Å²) in [5.41, 5.74) is 7.14. The van der Waals surface area contributed by atoms with Crippen molar-refractivity contribution in [1.29, 1.82) is 0 Å². The number of aromatic nitrogens is 2. The van der Waals surface area contributed by atoms with Crippen LogP contribution in [0.3, 0.4) is 0 Å². The van der Waals surface area contributed by atoms with Crippen LogP contribution < -0.4 is 11.3 Å². The normalized spacial score (nSPS) is 12.4. The van der Waals surface area contributed by atoms with E-state index in [1.165, 1.54) is 5.56 Å². The average molecular weight is 242 g/mol. The molecule has 2 aromatic rings. The molecule has 0 aliphatic heterocycles. The Morgan fingerprint density at radius 3 is 2.89 bits per heavy atom. The number of nitrogens with two attached hydrogens (primary N) is 1. The zero-order valence-corrected chi connectivity index (χ0v) is 10.7. The van der Waals surface area contributed by atoms with Gasteiger partial charge in [0.2, 0.25) is 0 Å². The van der Waals surface area contributed by atoms with E-state index in [1.807, 2.05) is 25.4 Å². The van der Waals surface area contributed by atoms with Crippen LogP contribution in [-0.4, -0.2) is 9.97 Å². The second kappa shape index (κ2) is 5.71. The molecule has 0 radical (unpaired) electrons. The van der Waals surface area contributed by atoms with Crippen molar-refractivity contribution in [2.24, 2.45) is 5.84 Å². The fraction of sp³-hybridized carbons (Fsp3) is 0.286. The number of nitrogens with one attached hydrogen (secondary N) is 1. The van der Waals surface area contributed by atoms with Crippen molar-refractivity contribution in [3.63, 3.8) is 0 Å². The van der Waals surface area contributed by atoms with Crippen LogP contribution >= 0.6 is 0 Å². The molecule has 0 spiro atoms. The summed E-state index contributed by atoms with van der Waals surface area (Å²) in [5.74, 6) is 5.69. The molecular formula is C14H18N4. The van der Waals surface area contributed by atoms with Gasteiger partial charge in [-0.15, -0.1) is 0 Å². The van der Waals surface area contributed by atoms with Gasteiger partial charge in [-0.1, -0.05) is 19.1 Å². The molecule has 4 nitrogen and oxygen atoms in total. The summed E-state index contributed by atoms with van der Waals surface area (Å²) in [5, 5.41) is 0. The van der Waals surface area contributed by atoms with Gasteiger partial charge in [0.05, 0.1) is 11.7 Å². The number of rotatable bonds is 4. The highest BCUT2D eigenvalue weighted by Crippen LogP contribution is 2.22. The van der Waals surface area contributed by atoms with Gasteiger partial charge >= 0.3 is 0 Å². The monoisotopic (exact) mass is 242 g/mol. The highest BCUT2D eigenvalue weighted by atomic mass is 15.2. The van der Waals surface area contributed by atoms with Crippen molar-refractivity contribution in [1.82, 2.24) is 15.4 Å². The zero-order valence-electron chi connectivity index (χ0n) is 10.7. The first-order chi connectivity index (χ1) is 8.76. The quantitative estimate of drug-likeness (QED) is 0.635. The maximum atomic E-state index is 5.69. The number of hydrogen-bond acceptors (Lipinski definition) is 4. The third-order valence-corrected chi connectivity index (χ3v) is 2.98. The van der Waals surface area contributed by atoms with Crippen molar-refractivity contribution in [2.45, 2.75) is 26.3 Å². The van der Waals surface area contributed by atoms with E-state index in [2.05, 4.69) is 34.5 Å². The Labute approximate surface area is 107 Å². The van der Waals surface area contributed by atoms with Crippen LogP contribution in [0, 0.1) is 6.92 Å². The number of aryl methyl sites for hydroxylation is 2. The molecule has 0 aromatic carbocycles. The van der Waals surface area contributed by atoms with E-state index in [4.69, 9.17) is 5.84 Å². The lowest BCUT2D eigenvalue weighted by Crippen LogP contribution is -2.30. The molecule has 2 aromatic heterocycles. The molecule has 0 fully saturated rings. The van der Waals surface area contributed by atoms with Gasteiger partial charge in [0, 0.05) is 18.6 Å². The molecule has 0 saturated heterocycles. The van der Waals surface area contributed by atoms with E-state index < -0.39 is 0 Å². The van der Waals surface area contributed by atoms with Crippen molar-refractivity contribution in [2.75, 3.05) is 0 Å². The minimum Gasteiger partial charge on any atom is -0.271 e. The predicted octanol–water partition coefficient (Wildman–Crippen LogP) is 1.90. The average Bonchev–Trinajstić information content (AvgIpc) is 2.40. The molecule has 0 aliphatic carbocycles. The first-order valence-corrected chi connectivity index (χ1v) is 6.07. The summed E-state index contributed by atoms with van der Waals surface area (Å²) >= 11 is 0. The molecule has 1 atom stereocenters. The smallest absolute Gasteiger partial charge is 0.0899 e. The highest BCUT2D eigenvalue weighted by molar-refractivity contribution is 5.32. The van der Waals surface area contributed by atoms with Crippen molar-refractivity contribution >= 4 is 0 Å². The third kappa shape index (κ3) is 2.55. The molecule has 1 unspecified atom stereocenters. The Hall–Kier alpha value is -1.78. The molecule has 3 N–H and O–H groups in total. The van der Waals surface area contributed by atoms with E-state index in [-0.39, 0.29) is 6.04 Å². The second-order valence-electron chi connectivity index (χ2n) is 4.30. The lowest BCUT2D eigenvalue weighted by molar-refractivity contribution is 0.612. The van der Waals surface area contributed by atoms with Crippen LogP contribution in [0.15, 0.2) is 36.8 Å². The Morgan fingerprint density at radius 2 is 2.22 bits per heavy atom. The van der Waals surface area contributed by atoms with Gasteiger partial charge in [-0.05, 0) is 36.1 Å². The largest absolute Gasteiger partial charge is 0.271 e. The lowest BCUT2D eigenvalue weighted by atomic mass is 9.99. The number of hydrogen-bond donors (Lipinski definition) is 2. The van der Waals surface area contributed by atoms with Crippen LogP contribution in [0.25, 0.3) is 0 Å². The molecule has 0 saturated carbocycles. The fourth-order valence-corrected chi connectivity index (χ4v) is 2.08. The van der Waals surface area contributed by atoms with Crippen molar-refractivity contribution in [3.05, 3.63) is 59.2 Å². The van der Waals surface area contributed by atoms with E-state index in [0.717, 1.165) is 23.2 Å². The molecule has 2 rings (SSSR count). The summed E-state index contributed by atoms with van der Waals surface area (Å²) in [4.78, 5) is 8.67. The number of pyridine rings is 2. The van der Waals surface area contributed by atoms with Gasteiger partial charge in [-0.25, -0.2) is 5.43 Å². The van der Waals surface area contributed by atoms with E-state index in [9.17, 15) is 0 Å². The third-order valence-electron chi connectivity index (χ3n) is 2.98. The van der Waals surface area contributed by atoms with Gasteiger partial charge in [-0.3, -0.25) is 15.8 Å². The molecule has 0 bridgehead atoms. The van der Waals surface area contributed by atoms with Crippen LogP contribution in [0.4, 0.5) is 0 Å². The topological polar surface area (TPSA) is 63.8 Å². The minimum absolute atomic E-state index is 0.117. The summed E-state index contributed by atoms with van der Waals surface area (Å²) in [7, 11) is 0. The molecule has 0 amide bonds. The Kier molecular flexibility index (Phi) is 4.02. The van der Waals surface area contributed by atoms with E-state index >= 15 is 0 Å². The zero-order chi connectivity index (χ0) is 13.0. The first-order valence-electron chi connectivity index (χ1n) is 6.07. The lowest BCUT2D eigenvalue weighted by Gasteiger charge is -2.18. The molecular weight excluding hydrogens is 224 g/mol. The van der Waals surface area contributed by atoms with Crippen molar-refractivity contribution in [3.8, 4) is 0 Å².